The summed E-state index contributed by atoms with van der Waals surface area (Å²) in [6.45, 7) is 2.11. The summed E-state index contributed by atoms with van der Waals surface area (Å²) in [5.41, 5.74) is 0.735. The van der Waals surface area contributed by atoms with Gasteiger partial charge in [0, 0.05) is 25.8 Å². The van der Waals surface area contributed by atoms with Crippen LogP contribution in [-0.4, -0.2) is 43.8 Å². The fourth-order valence-electron chi connectivity index (χ4n) is 1.82. The summed E-state index contributed by atoms with van der Waals surface area (Å²) in [6.07, 6.45) is -0.0542. The Labute approximate surface area is 95.2 Å². The van der Waals surface area contributed by atoms with Crippen molar-refractivity contribution in [2.45, 2.75) is 6.23 Å². The molecule has 0 spiro atoms. The van der Waals surface area contributed by atoms with Crippen molar-refractivity contribution in [1.29, 1.82) is 0 Å². The van der Waals surface area contributed by atoms with Gasteiger partial charge < -0.3 is 9.64 Å². The van der Waals surface area contributed by atoms with E-state index in [-0.39, 0.29) is 12.1 Å². The molecular weight excluding hydrogens is 204 g/mol. The largest absolute Gasteiger partial charge is 0.365 e. The van der Waals surface area contributed by atoms with Gasteiger partial charge in [-0.05, 0) is 12.1 Å². The van der Waals surface area contributed by atoms with Crippen LogP contribution in [0.15, 0.2) is 30.3 Å². The number of amides is 1. The molecule has 1 aromatic carbocycles. The van der Waals surface area contributed by atoms with Crippen molar-refractivity contribution >= 4 is 5.91 Å². The second-order valence-corrected chi connectivity index (χ2v) is 3.80. The number of rotatable bonds is 2. The summed E-state index contributed by atoms with van der Waals surface area (Å²) in [7, 11) is 1.65. The van der Waals surface area contributed by atoms with Gasteiger partial charge in [0.05, 0.1) is 6.54 Å². The molecule has 1 fully saturated rings. The first-order valence-corrected chi connectivity index (χ1v) is 5.42. The predicted octanol–water partition coefficient (Wildman–Crippen LogP) is 0.705. The molecule has 1 aromatic rings. The van der Waals surface area contributed by atoms with Crippen LogP contribution >= 0.6 is 0 Å². The molecule has 1 heterocycles. The molecule has 1 atom stereocenters. The Morgan fingerprint density at radius 3 is 2.88 bits per heavy atom. The number of ether oxygens (including phenoxy) is 1. The normalized spacial score (nSPS) is 20.8. The third kappa shape index (κ3) is 2.40. The number of benzene rings is 1. The van der Waals surface area contributed by atoms with Gasteiger partial charge in [-0.1, -0.05) is 18.2 Å². The molecule has 16 heavy (non-hydrogen) atoms. The monoisotopic (exact) mass is 220 g/mol. The zero-order valence-corrected chi connectivity index (χ0v) is 9.35. The number of carbonyl (C=O) groups is 1. The molecule has 1 aliphatic heterocycles. The second kappa shape index (κ2) is 5.09. The lowest BCUT2D eigenvalue weighted by Crippen LogP contribution is -2.53. The average Bonchev–Trinajstić information content (AvgIpc) is 2.39. The Morgan fingerprint density at radius 2 is 2.19 bits per heavy atom. The number of piperazine rings is 1. The molecule has 1 saturated heterocycles. The van der Waals surface area contributed by atoms with Gasteiger partial charge in [-0.25, -0.2) is 0 Å². The molecule has 1 aliphatic rings. The van der Waals surface area contributed by atoms with Gasteiger partial charge in [0.25, 0.3) is 5.91 Å². The quantitative estimate of drug-likeness (QED) is 0.798. The van der Waals surface area contributed by atoms with E-state index in [1.54, 1.807) is 7.11 Å². The molecule has 0 aromatic heterocycles. The van der Waals surface area contributed by atoms with E-state index in [9.17, 15) is 4.79 Å². The van der Waals surface area contributed by atoms with E-state index < -0.39 is 0 Å². The highest BCUT2D eigenvalue weighted by molar-refractivity contribution is 5.94. The molecule has 1 amide bonds. The Balaban J connectivity index is 2.05. The number of carbonyl (C=O) groups excluding carboxylic acids is 1. The van der Waals surface area contributed by atoms with Crippen LogP contribution in [0.25, 0.3) is 0 Å². The van der Waals surface area contributed by atoms with E-state index in [0.717, 1.165) is 18.7 Å². The van der Waals surface area contributed by atoms with Gasteiger partial charge in [-0.2, -0.15) is 0 Å². The number of nitrogens with one attached hydrogen (secondary N) is 1. The van der Waals surface area contributed by atoms with Crippen molar-refractivity contribution in [2.24, 2.45) is 0 Å². The molecule has 0 saturated carbocycles. The minimum atomic E-state index is -0.0542. The van der Waals surface area contributed by atoms with Gasteiger partial charge in [-0.3, -0.25) is 10.1 Å². The summed E-state index contributed by atoms with van der Waals surface area (Å²) in [6, 6.07) is 9.34. The topological polar surface area (TPSA) is 41.6 Å². The summed E-state index contributed by atoms with van der Waals surface area (Å²) in [5, 5.41) is 3.19. The molecule has 1 N–H and O–H groups in total. The first-order valence-electron chi connectivity index (χ1n) is 5.42. The van der Waals surface area contributed by atoms with Crippen LogP contribution in [0.2, 0.25) is 0 Å². The van der Waals surface area contributed by atoms with E-state index >= 15 is 0 Å². The van der Waals surface area contributed by atoms with Gasteiger partial charge in [-0.15, -0.1) is 0 Å². The molecule has 2 rings (SSSR count). The van der Waals surface area contributed by atoms with E-state index in [1.807, 2.05) is 35.2 Å². The van der Waals surface area contributed by atoms with Crippen molar-refractivity contribution in [3.8, 4) is 0 Å². The van der Waals surface area contributed by atoms with Crippen LogP contribution in [0.1, 0.15) is 10.4 Å². The van der Waals surface area contributed by atoms with Crippen LogP contribution < -0.4 is 5.32 Å². The SMILES string of the molecule is COC1CN(C(=O)c2ccccc2)CCN1. The van der Waals surface area contributed by atoms with Crippen LogP contribution in [0.3, 0.4) is 0 Å². The van der Waals surface area contributed by atoms with Crippen molar-refractivity contribution in [1.82, 2.24) is 10.2 Å². The third-order valence-corrected chi connectivity index (χ3v) is 2.73. The van der Waals surface area contributed by atoms with E-state index in [2.05, 4.69) is 5.32 Å². The lowest BCUT2D eigenvalue weighted by atomic mass is 10.2. The minimum Gasteiger partial charge on any atom is -0.365 e. The summed E-state index contributed by atoms with van der Waals surface area (Å²) >= 11 is 0. The van der Waals surface area contributed by atoms with Crippen LogP contribution in [0.5, 0.6) is 0 Å². The van der Waals surface area contributed by atoms with Crippen molar-refractivity contribution < 1.29 is 9.53 Å². The maximum absolute atomic E-state index is 12.1. The average molecular weight is 220 g/mol. The zero-order chi connectivity index (χ0) is 11.4. The summed E-state index contributed by atoms with van der Waals surface area (Å²) in [4.78, 5) is 13.9. The van der Waals surface area contributed by atoms with Crippen molar-refractivity contribution in [2.75, 3.05) is 26.7 Å². The van der Waals surface area contributed by atoms with Gasteiger partial charge in [0.1, 0.15) is 6.23 Å². The molecule has 0 radical (unpaired) electrons. The fourth-order valence-corrected chi connectivity index (χ4v) is 1.82. The molecule has 0 aliphatic carbocycles. The highest BCUT2D eigenvalue weighted by Gasteiger charge is 2.23. The number of nitrogens with zero attached hydrogens (tertiary/aromatic N) is 1. The summed E-state index contributed by atoms with van der Waals surface area (Å²) < 4.78 is 5.20. The first kappa shape index (κ1) is 11.1. The first-order chi connectivity index (χ1) is 7.81. The number of hydrogen-bond donors (Lipinski definition) is 1. The van der Waals surface area contributed by atoms with Crippen LogP contribution in [-0.2, 0) is 4.74 Å². The van der Waals surface area contributed by atoms with Crippen molar-refractivity contribution in [3.63, 3.8) is 0 Å². The standard InChI is InChI=1S/C12H16N2O2/c1-16-11-9-14(8-7-13-11)12(15)10-5-3-2-4-6-10/h2-6,11,13H,7-9H2,1H3. The van der Waals surface area contributed by atoms with E-state index in [0.29, 0.717) is 6.54 Å². The van der Waals surface area contributed by atoms with Crippen LogP contribution in [0, 0.1) is 0 Å². The van der Waals surface area contributed by atoms with E-state index in [1.165, 1.54) is 0 Å². The number of methoxy groups -OCH3 is 1. The van der Waals surface area contributed by atoms with Gasteiger partial charge in [0.2, 0.25) is 0 Å². The summed E-state index contributed by atoms with van der Waals surface area (Å²) in [5.74, 6) is 0.0733. The lowest BCUT2D eigenvalue weighted by Gasteiger charge is -2.32. The maximum Gasteiger partial charge on any atom is 0.254 e. The molecule has 86 valence electrons. The van der Waals surface area contributed by atoms with Gasteiger partial charge in [0.15, 0.2) is 0 Å². The molecule has 4 heteroatoms. The van der Waals surface area contributed by atoms with E-state index in [4.69, 9.17) is 4.74 Å². The molecular formula is C12H16N2O2. The fraction of sp³-hybridized carbons (Fsp3) is 0.417. The maximum atomic E-state index is 12.1. The van der Waals surface area contributed by atoms with Crippen molar-refractivity contribution in [3.05, 3.63) is 35.9 Å². The minimum absolute atomic E-state index is 0.0542. The Hall–Kier alpha value is -1.39. The highest BCUT2D eigenvalue weighted by Crippen LogP contribution is 2.07. The molecule has 0 bridgehead atoms. The zero-order valence-electron chi connectivity index (χ0n) is 9.35. The third-order valence-electron chi connectivity index (χ3n) is 2.73. The Bertz CT molecular complexity index is 353. The smallest absolute Gasteiger partial charge is 0.254 e. The predicted molar refractivity (Wildman–Crippen MR) is 61.1 cm³/mol. The molecule has 4 nitrogen and oxygen atoms in total. The highest BCUT2D eigenvalue weighted by atomic mass is 16.5. The molecule has 1 unspecified atom stereocenters. The second-order valence-electron chi connectivity index (χ2n) is 3.80. The lowest BCUT2D eigenvalue weighted by molar-refractivity contribution is 0.0156. The van der Waals surface area contributed by atoms with Gasteiger partial charge >= 0.3 is 0 Å². The number of hydrogen-bond acceptors (Lipinski definition) is 3. The Kier molecular flexibility index (Phi) is 3.54. The van der Waals surface area contributed by atoms with Crippen LogP contribution in [0.4, 0.5) is 0 Å². The Morgan fingerprint density at radius 1 is 1.44 bits per heavy atom.